The zero-order valence-corrected chi connectivity index (χ0v) is 13.8. The average molecular weight is 310 g/mol. The number of nitrogens with two attached hydrogens (primary N) is 1. The SMILES string of the molecule is CC1SCC(c2ncc3c(n2)CCCCC3N)SC1C. The number of nitrogens with zero attached hydrogens (tertiary/aromatic N) is 2. The number of aromatic nitrogens is 2. The molecule has 1 aromatic heterocycles. The first-order valence-electron chi connectivity index (χ1n) is 7.53. The van der Waals surface area contributed by atoms with E-state index in [-0.39, 0.29) is 6.04 Å². The fraction of sp³-hybridized carbons (Fsp3) is 0.733. The maximum absolute atomic E-state index is 6.23. The molecule has 0 aromatic carbocycles. The summed E-state index contributed by atoms with van der Waals surface area (Å²) >= 11 is 4.07. The van der Waals surface area contributed by atoms with Crippen LogP contribution in [-0.4, -0.2) is 26.2 Å². The molecule has 1 aromatic rings. The van der Waals surface area contributed by atoms with Crippen molar-refractivity contribution in [2.24, 2.45) is 5.73 Å². The van der Waals surface area contributed by atoms with E-state index < -0.39 is 0 Å². The van der Waals surface area contributed by atoms with E-state index in [1.165, 1.54) is 24.1 Å². The fourth-order valence-corrected chi connectivity index (χ4v) is 5.69. The van der Waals surface area contributed by atoms with Crippen LogP contribution in [0.25, 0.3) is 0 Å². The van der Waals surface area contributed by atoms with Crippen molar-refractivity contribution >= 4 is 23.5 Å². The normalized spacial score (nSPS) is 34.4. The molecule has 3 rings (SSSR count). The summed E-state index contributed by atoms with van der Waals surface area (Å²) < 4.78 is 0. The predicted molar refractivity (Wildman–Crippen MR) is 88.2 cm³/mol. The summed E-state index contributed by atoms with van der Waals surface area (Å²) in [5.74, 6) is 2.15. The summed E-state index contributed by atoms with van der Waals surface area (Å²) in [6.07, 6.45) is 6.54. The van der Waals surface area contributed by atoms with Crippen molar-refractivity contribution in [3.63, 3.8) is 0 Å². The van der Waals surface area contributed by atoms with Crippen molar-refractivity contribution in [2.75, 3.05) is 5.75 Å². The lowest BCUT2D eigenvalue weighted by molar-refractivity contribution is 0.614. The van der Waals surface area contributed by atoms with E-state index in [4.69, 9.17) is 10.7 Å². The van der Waals surface area contributed by atoms with Gasteiger partial charge >= 0.3 is 0 Å². The third-order valence-electron chi connectivity index (χ3n) is 4.34. The molecule has 0 bridgehead atoms. The van der Waals surface area contributed by atoms with E-state index in [1.54, 1.807) is 0 Å². The van der Waals surface area contributed by atoms with Crippen molar-refractivity contribution < 1.29 is 0 Å². The van der Waals surface area contributed by atoms with Crippen LogP contribution in [0.5, 0.6) is 0 Å². The summed E-state index contributed by atoms with van der Waals surface area (Å²) in [6.45, 7) is 4.63. The Morgan fingerprint density at radius 2 is 2.10 bits per heavy atom. The predicted octanol–water partition coefficient (Wildman–Crippen LogP) is 3.50. The van der Waals surface area contributed by atoms with Crippen molar-refractivity contribution in [1.82, 2.24) is 9.97 Å². The van der Waals surface area contributed by atoms with E-state index in [0.29, 0.717) is 10.5 Å². The molecule has 110 valence electrons. The standard InChI is InChI=1S/C15H23N3S2/c1-9-10(2)20-14(8-19-9)15-17-7-11-12(16)5-3-4-6-13(11)18-15/h7,9-10,12,14H,3-6,8,16H2,1-2H3. The van der Waals surface area contributed by atoms with Crippen LogP contribution in [0.2, 0.25) is 0 Å². The van der Waals surface area contributed by atoms with Gasteiger partial charge in [0.25, 0.3) is 0 Å². The molecule has 0 radical (unpaired) electrons. The Balaban J connectivity index is 1.83. The van der Waals surface area contributed by atoms with Gasteiger partial charge in [-0.25, -0.2) is 9.97 Å². The molecule has 1 fully saturated rings. The molecule has 5 heteroatoms. The summed E-state index contributed by atoms with van der Waals surface area (Å²) in [4.78, 5) is 9.52. The van der Waals surface area contributed by atoms with Gasteiger partial charge in [-0.2, -0.15) is 11.8 Å². The van der Waals surface area contributed by atoms with Crippen LogP contribution in [0.15, 0.2) is 6.20 Å². The minimum absolute atomic E-state index is 0.133. The largest absolute Gasteiger partial charge is 0.324 e. The molecular weight excluding hydrogens is 286 g/mol. The highest BCUT2D eigenvalue weighted by Crippen LogP contribution is 2.43. The van der Waals surface area contributed by atoms with Crippen molar-refractivity contribution in [1.29, 1.82) is 0 Å². The monoisotopic (exact) mass is 309 g/mol. The maximum atomic E-state index is 6.23. The number of rotatable bonds is 1. The Hall–Kier alpha value is -0.260. The third kappa shape index (κ3) is 3.00. The molecule has 0 spiro atoms. The number of aryl methyl sites for hydroxylation is 1. The van der Waals surface area contributed by atoms with Gasteiger partial charge in [0.05, 0.1) is 5.25 Å². The molecule has 20 heavy (non-hydrogen) atoms. The number of fused-ring (bicyclic) bond motifs is 1. The van der Waals surface area contributed by atoms with Crippen LogP contribution in [0.1, 0.15) is 61.5 Å². The molecule has 2 aliphatic rings. The van der Waals surface area contributed by atoms with Gasteiger partial charge in [-0.3, -0.25) is 0 Å². The van der Waals surface area contributed by atoms with Gasteiger partial charge < -0.3 is 5.73 Å². The lowest BCUT2D eigenvalue weighted by Crippen LogP contribution is -2.23. The van der Waals surface area contributed by atoms with E-state index in [1.807, 2.05) is 29.7 Å². The highest BCUT2D eigenvalue weighted by molar-refractivity contribution is 8.07. The molecule has 1 aliphatic carbocycles. The van der Waals surface area contributed by atoms with Crippen LogP contribution < -0.4 is 5.73 Å². The van der Waals surface area contributed by atoms with Crippen molar-refractivity contribution in [2.45, 2.75) is 61.3 Å². The van der Waals surface area contributed by atoms with Gasteiger partial charge in [-0.05, 0) is 19.3 Å². The van der Waals surface area contributed by atoms with Crippen LogP contribution in [-0.2, 0) is 6.42 Å². The molecule has 3 nitrogen and oxygen atoms in total. The molecule has 0 amide bonds. The number of hydrogen-bond acceptors (Lipinski definition) is 5. The second-order valence-corrected chi connectivity index (χ2v) is 8.85. The third-order valence-corrected chi connectivity index (χ3v) is 7.72. The molecule has 4 atom stereocenters. The minimum Gasteiger partial charge on any atom is -0.324 e. The van der Waals surface area contributed by atoms with Gasteiger partial charge in [-0.1, -0.05) is 20.3 Å². The number of hydrogen-bond donors (Lipinski definition) is 1. The van der Waals surface area contributed by atoms with E-state index in [9.17, 15) is 0 Å². The van der Waals surface area contributed by atoms with Crippen molar-refractivity contribution in [3.05, 3.63) is 23.3 Å². The van der Waals surface area contributed by atoms with Gasteiger partial charge in [0, 0.05) is 39.7 Å². The zero-order valence-electron chi connectivity index (χ0n) is 12.2. The fourth-order valence-electron chi connectivity index (χ4n) is 2.84. The molecule has 1 aliphatic heterocycles. The Bertz CT molecular complexity index is 480. The molecule has 0 saturated carbocycles. The average Bonchev–Trinajstić information content (AvgIpc) is 2.63. The Morgan fingerprint density at radius 1 is 1.25 bits per heavy atom. The zero-order chi connectivity index (χ0) is 14.1. The summed E-state index contributed by atoms with van der Waals surface area (Å²) in [5, 5.41) is 1.84. The Morgan fingerprint density at radius 3 is 2.90 bits per heavy atom. The maximum Gasteiger partial charge on any atom is 0.142 e. The Labute approximate surface area is 129 Å². The van der Waals surface area contributed by atoms with Crippen LogP contribution in [0.3, 0.4) is 0 Å². The van der Waals surface area contributed by atoms with Gasteiger partial charge in [0.1, 0.15) is 5.82 Å². The van der Waals surface area contributed by atoms with Gasteiger partial charge in [0.2, 0.25) is 0 Å². The highest BCUT2D eigenvalue weighted by Gasteiger charge is 2.29. The molecule has 1 saturated heterocycles. The first-order chi connectivity index (χ1) is 9.65. The van der Waals surface area contributed by atoms with Crippen LogP contribution in [0.4, 0.5) is 0 Å². The first kappa shape index (κ1) is 14.7. The molecule has 4 unspecified atom stereocenters. The molecule has 2 heterocycles. The topological polar surface area (TPSA) is 51.8 Å². The van der Waals surface area contributed by atoms with Gasteiger partial charge in [0.15, 0.2) is 0 Å². The summed E-state index contributed by atoms with van der Waals surface area (Å²) in [5.41, 5.74) is 8.61. The summed E-state index contributed by atoms with van der Waals surface area (Å²) in [6, 6.07) is 0.133. The minimum atomic E-state index is 0.133. The second kappa shape index (κ2) is 6.24. The smallest absolute Gasteiger partial charge is 0.142 e. The molecule has 2 N–H and O–H groups in total. The second-order valence-electron chi connectivity index (χ2n) is 5.85. The number of thioether (sulfide) groups is 2. The lowest BCUT2D eigenvalue weighted by Gasteiger charge is -2.30. The van der Waals surface area contributed by atoms with Crippen LogP contribution >= 0.6 is 23.5 Å². The highest BCUT2D eigenvalue weighted by atomic mass is 32.2. The van der Waals surface area contributed by atoms with Crippen molar-refractivity contribution in [3.8, 4) is 0 Å². The summed E-state index contributed by atoms with van der Waals surface area (Å²) in [7, 11) is 0. The first-order valence-corrected chi connectivity index (χ1v) is 9.52. The quantitative estimate of drug-likeness (QED) is 0.805. The van der Waals surface area contributed by atoms with E-state index >= 15 is 0 Å². The Kier molecular flexibility index (Phi) is 4.58. The van der Waals surface area contributed by atoms with E-state index in [2.05, 4.69) is 18.8 Å². The van der Waals surface area contributed by atoms with Crippen LogP contribution in [0, 0.1) is 0 Å². The van der Waals surface area contributed by atoms with E-state index in [0.717, 1.165) is 29.7 Å². The molecular formula is C15H23N3S2. The lowest BCUT2D eigenvalue weighted by atomic mass is 10.1. The van der Waals surface area contributed by atoms with Gasteiger partial charge in [-0.15, -0.1) is 11.8 Å².